The highest BCUT2D eigenvalue weighted by atomic mass is 16.4. The number of nitrogens with zero attached hydrogens (tertiary/aromatic N) is 1. The number of primary amides is 1. The van der Waals surface area contributed by atoms with Crippen molar-refractivity contribution in [2.75, 3.05) is 13.1 Å². The molecule has 1 aliphatic heterocycles. The van der Waals surface area contributed by atoms with Crippen LogP contribution in [0.3, 0.4) is 0 Å². The van der Waals surface area contributed by atoms with Crippen LogP contribution in [-0.4, -0.2) is 70.8 Å². The molecule has 3 atom stereocenters. The van der Waals surface area contributed by atoms with Crippen LogP contribution in [0.15, 0.2) is 0 Å². The molecule has 11 heteroatoms. The summed E-state index contributed by atoms with van der Waals surface area (Å²) in [6, 6.07) is -2.97. The van der Waals surface area contributed by atoms with Crippen molar-refractivity contribution >= 4 is 29.6 Å². The summed E-state index contributed by atoms with van der Waals surface area (Å²) < 4.78 is 0. The van der Waals surface area contributed by atoms with Gasteiger partial charge < -0.3 is 32.1 Å². The minimum atomic E-state index is -1.29. The third-order valence-electron chi connectivity index (χ3n) is 4.07. The molecule has 3 unspecified atom stereocenters. The van der Waals surface area contributed by atoms with Crippen LogP contribution in [-0.2, 0) is 24.0 Å². The zero-order valence-electron chi connectivity index (χ0n) is 14.6. The summed E-state index contributed by atoms with van der Waals surface area (Å²) in [6.45, 7) is 1.54. The van der Waals surface area contributed by atoms with E-state index >= 15 is 0 Å². The summed E-state index contributed by atoms with van der Waals surface area (Å²) in [4.78, 5) is 59.6. The number of carboxylic acids is 1. The maximum absolute atomic E-state index is 12.5. The van der Waals surface area contributed by atoms with Crippen molar-refractivity contribution in [1.29, 1.82) is 0 Å². The molecule has 146 valence electrons. The van der Waals surface area contributed by atoms with Gasteiger partial charge in [0.25, 0.3) is 0 Å². The Hall–Kier alpha value is -2.69. The summed E-state index contributed by atoms with van der Waals surface area (Å²) >= 11 is 0. The summed E-state index contributed by atoms with van der Waals surface area (Å²) in [6.07, 6.45) is 0.616. The van der Waals surface area contributed by atoms with Crippen molar-refractivity contribution < 1.29 is 29.1 Å². The Morgan fingerprint density at radius 1 is 1.23 bits per heavy atom. The maximum Gasteiger partial charge on any atom is 0.326 e. The molecule has 11 nitrogen and oxygen atoms in total. The van der Waals surface area contributed by atoms with Crippen molar-refractivity contribution in [1.82, 2.24) is 15.5 Å². The molecule has 0 aliphatic carbocycles. The number of aliphatic carboxylic acids is 1. The average molecular weight is 371 g/mol. The van der Waals surface area contributed by atoms with Gasteiger partial charge in [-0.3, -0.25) is 19.2 Å². The van der Waals surface area contributed by atoms with Gasteiger partial charge in [-0.25, -0.2) is 4.79 Å². The van der Waals surface area contributed by atoms with Gasteiger partial charge >= 0.3 is 5.97 Å². The zero-order valence-corrected chi connectivity index (χ0v) is 14.6. The molecule has 1 aliphatic rings. The molecule has 0 aromatic rings. The number of carbonyl (C=O) groups excluding carboxylic acids is 4. The Morgan fingerprint density at radius 2 is 1.88 bits per heavy atom. The smallest absolute Gasteiger partial charge is 0.326 e. The first kappa shape index (κ1) is 21.4. The summed E-state index contributed by atoms with van der Waals surface area (Å²) in [5, 5.41) is 13.9. The molecule has 7 N–H and O–H groups in total. The van der Waals surface area contributed by atoms with Crippen LogP contribution in [0.4, 0.5) is 0 Å². The van der Waals surface area contributed by atoms with Gasteiger partial charge in [0.1, 0.15) is 18.1 Å². The molecular formula is C15H25N5O6. The van der Waals surface area contributed by atoms with Gasteiger partial charge in [0.05, 0.1) is 6.54 Å². The number of amides is 4. The van der Waals surface area contributed by atoms with Gasteiger partial charge in [0, 0.05) is 13.0 Å². The minimum Gasteiger partial charge on any atom is -0.480 e. The molecule has 26 heavy (non-hydrogen) atoms. The molecule has 0 spiro atoms. The van der Waals surface area contributed by atoms with Crippen LogP contribution < -0.4 is 22.1 Å². The predicted octanol–water partition coefficient (Wildman–Crippen LogP) is -2.72. The van der Waals surface area contributed by atoms with Crippen molar-refractivity contribution in [2.24, 2.45) is 11.5 Å². The van der Waals surface area contributed by atoms with Crippen LogP contribution in [0.25, 0.3) is 0 Å². The highest BCUT2D eigenvalue weighted by molar-refractivity contribution is 5.94. The van der Waals surface area contributed by atoms with Crippen LogP contribution in [0.5, 0.6) is 0 Å². The van der Waals surface area contributed by atoms with Gasteiger partial charge in [0.15, 0.2) is 0 Å². The quantitative estimate of drug-likeness (QED) is 0.291. The van der Waals surface area contributed by atoms with Crippen LogP contribution in [0.2, 0.25) is 0 Å². The van der Waals surface area contributed by atoms with Gasteiger partial charge in [-0.2, -0.15) is 0 Å². The van der Waals surface area contributed by atoms with Gasteiger partial charge in [-0.15, -0.1) is 0 Å². The van der Waals surface area contributed by atoms with E-state index in [1.165, 1.54) is 11.8 Å². The topological polar surface area (TPSA) is 185 Å². The molecule has 4 amide bonds. The molecule has 0 radical (unpaired) electrons. The maximum atomic E-state index is 12.5. The second-order valence-corrected chi connectivity index (χ2v) is 6.09. The lowest BCUT2D eigenvalue weighted by molar-refractivity contribution is -0.144. The van der Waals surface area contributed by atoms with Crippen LogP contribution in [0.1, 0.15) is 32.6 Å². The predicted molar refractivity (Wildman–Crippen MR) is 89.4 cm³/mol. The molecule has 0 bridgehead atoms. The second-order valence-electron chi connectivity index (χ2n) is 6.09. The Balaban J connectivity index is 2.74. The third-order valence-corrected chi connectivity index (χ3v) is 4.07. The number of hydrogen-bond acceptors (Lipinski definition) is 6. The molecular weight excluding hydrogens is 346 g/mol. The van der Waals surface area contributed by atoms with Crippen molar-refractivity contribution in [3.63, 3.8) is 0 Å². The van der Waals surface area contributed by atoms with E-state index in [0.29, 0.717) is 19.4 Å². The Morgan fingerprint density at radius 3 is 2.42 bits per heavy atom. The monoisotopic (exact) mass is 371 g/mol. The SMILES string of the molecule is CC(NC(=O)CN)C(=O)N1CCCC1C(=O)NC(CCC(N)=O)C(=O)O. The first-order valence-electron chi connectivity index (χ1n) is 8.28. The van der Waals surface area contributed by atoms with E-state index in [-0.39, 0.29) is 19.4 Å². The molecule has 0 saturated carbocycles. The summed E-state index contributed by atoms with van der Waals surface area (Å²) in [7, 11) is 0. The van der Waals surface area contributed by atoms with E-state index in [2.05, 4.69) is 10.6 Å². The zero-order chi connectivity index (χ0) is 19.9. The molecule has 1 heterocycles. The highest BCUT2D eigenvalue weighted by Crippen LogP contribution is 2.19. The molecule has 1 fully saturated rings. The fourth-order valence-corrected chi connectivity index (χ4v) is 2.73. The standard InChI is InChI=1S/C15H25N5O6/c1-8(18-12(22)7-16)14(24)20-6-2-3-10(20)13(23)19-9(15(25)26)4-5-11(17)21/h8-10H,2-7,16H2,1H3,(H2,17,21)(H,18,22)(H,19,23)(H,25,26). The molecule has 1 rings (SSSR count). The number of carbonyl (C=O) groups is 5. The van der Waals surface area contributed by atoms with Crippen molar-refractivity contribution in [3.8, 4) is 0 Å². The van der Waals surface area contributed by atoms with Gasteiger partial charge in [-0.1, -0.05) is 0 Å². The molecule has 1 saturated heterocycles. The van der Waals surface area contributed by atoms with Gasteiger partial charge in [-0.05, 0) is 26.2 Å². The fraction of sp³-hybridized carbons (Fsp3) is 0.667. The van der Waals surface area contributed by atoms with Crippen molar-refractivity contribution in [2.45, 2.75) is 50.7 Å². The number of nitrogens with one attached hydrogen (secondary N) is 2. The first-order valence-corrected chi connectivity index (χ1v) is 8.28. The van der Waals surface area contributed by atoms with E-state index in [0.717, 1.165) is 0 Å². The lowest BCUT2D eigenvalue weighted by Crippen LogP contribution is -2.55. The first-order chi connectivity index (χ1) is 12.2. The number of hydrogen-bond donors (Lipinski definition) is 5. The number of carboxylic acid groups (broad SMARTS) is 1. The van der Waals surface area contributed by atoms with E-state index in [9.17, 15) is 24.0 Å². The molecule has 0 aromatic heterocycles. The van der Waals surface area contributed by atoms with E-state index in [1.807, 2.05) is 0 Å². The largest absolute Gasteiger partial charge is 0.480 e. The normalized spacial score (nSPS) is 18.7. The van der Waals surface area contributed by atoms with E-state index in [1.54, 1.807) is 0 Å². The van der Waals surface area contributed by atoms with E-state index in [4.69, 9.17) is 16.6 Å². The van der Waals surface area contributed by atoms with Crippen LogP contribution in [0, 0.1) is 0 Å². The number of nitrogens with two attached hydrogens (primary N) is 2. The third kappa shape index (κ3) is 5.99. The average Bonchev–Trinajstić information content (AvgIpc) is 3.06. The second kappa shape index (κ2) is 9.70. The van der Waals surface area contributed by atoms with Crippen LogP contribution >= 0.6 is 0 Å². The lowest BCUT2D eigenvalue weighted by atomic mass is 10.1. The minimum absolute atomic E-state index is 0.139. The van der Waals surface area contributed by atoms with Gasteiger partial charge in [0.2, 0.25) is 23.6 Å². The molecule has 0 aromatic carbocycles. The van der Waals surface area contributed by atoms with Crippen molar-refractivity contribution in [3.05, 3.63) is 0 Å². The fourth-order valence-electron chi connectivity index (χ4n) is 2.73. The highest BCUT2D eigenvalue weighted by Gasteiger charge is 2.37. The Kier molecular flexibility index (Phi) is 7.97. The number of likely N-dealkylation sites (tertiary alicyclic amines) is 1. The van der Waals surface area contributed by atoms with E-state index < -0.39 is 47.7 Å². The number of rotatable bonds is 9. The Labute approximate surface area is 150 Å². The summed E-state index contributed by atoms with van der Waals surface area (Å²) in [5.41, 5.74) is 10.2. The summed E-state index contributed by atoms with van der Waals surface area (Å²) in [5.74, 6) is -3.53. The Bertz CT molecular complexity index is 581. The lowest BCUT2D eigenvalue weighted by Gasteiger charge is -2.28.